The Kier molecular flexibility index (Phi) is 8.63. The van der Waals surface area contributed by atoms with Gasteiger partial charge in [-0.2, -0.15) is 0 Å². The Balaban J connectivity index is 1.91. The van der Waals surface area contributed by atoms with E-state index in [2.05, 4.69) is 4.90 Å². The number of benzene rings is 2. The summed E-state index contributed by atoms with van der Waals surface area (Å²) in [4.78, 5) is 13.3. The number of carboxylic acids is 1. The number of sulfonamides is 1. The third-order valence-electron chi connectivity index (χ3n) is 5.20. The molecule has 2 aromatic carbocycles. The van der Waals surface area contributed by atoms with Gasteiger partial charge in [-0.25, -0.2) is 8.42 Å². The van der Waals surface area contributed by atoms with Crippen LogP contribution in [0.25, 0.3) is 0 Å². The van der Waals surface area contributed by atoms with E-state index in [0.29, 0.717) is 28.7 Å². The van der Waals surface area contributed by atoms with E-state index in [9.17, 15) is 13.2 Å². The number of thioether (sulfide) groups is 1. The second-order valence-corrected chi connectivity index (χ2v) is 11.8. The largest absolute Gasteiger partial charge is 0.481 e. The van der Waals surface area contributed by atoms with Gasteiger partial charge in [-0.05, 0) is 55.8 Å². The first-order valence-electron chi connectivity index (χ1n) is 9.92. The number of halogens is 3. The molecule has 0 radical (unpaired) electrons. The lowest BCUT2D eigenvalue weighted by atomic mass is 10.2. The average Bonchev–Trinajstić information content (AvgIpc) is 3.15. The lowest BCUT2D eigenvalue weighted by Gasteiger charge is -2.33. The Labute approximate surface area is 207 Å². The molecule has 3 rings (SSSR count). The standard InChI is InChI=1S/C21H23Cl3N2O4S2/c1-14(8-9-25-10-11-31-20(25)13-21(27)28)26(19-12-16(23)4-7-18(19)24)32(29,30)17-5-2-15(22)3-6-17/h2-7,12,14,20H,8-11,13H2,1H3,(H,27,28). The van der Waals surface area contributed by atoms with Crippen molar-refractivity contribution in [2.45, 2.75) is 36.1 Å². The summed E-state index contributed by atoms with van der Waals surface area (Å²) in [6.45, 7) is 3.12. The molecule has 174 valence electrons. The van der Waals surface area contributed by atoms with Crippen LogP contribution in [0.15, 0.2) is 47.4 Å². The van der Waals surface area contributed by atoms with E-state index >= 15 is 0 Å². The minimum Gasteiger partial charge on any atom is -0.481 e. The molecule has 0 aromatic heterocycles. The SMILES string of the molecule is CC(CCN1CCSC1CC(=O)O)N(c1cc(Cl)ccc1Cl)S(=O)(=O)c1ccc(Cl)cc1. The molecule has 1 heterocycles. The summed E-state index contributed by atoms with van der Waals surface area (Å²) in [6.07, 6.45) is 0.526. The quantitative estimate of drug-likeness (QED) is 0.457. The zero-order valence-corrected chi connectivity index (χ0v) is 21.1. The van der Waals surface area contributed by atoms with Gasteiger partial charge in [-0.1, -0.05) is 34.8 Å². The summed E-state index contributed by atoms with van der Waals surface area (Å²) in [7, 11) is -3.97. The first-order chi connectivity index (χ1) is 15.1. The molecule has 1 saturated heterocycles. The van der Waals surface area contributed by atoms with Crippen molar-refractivity contribution in [3.63, 3.8) is 0 Å². The van der Waals surface area contributed by atoms with Crippen molar-refractivity contribution in [2.75, 3.05) is 23.1 Å². The summed E-state index contributed by atoms with van der Waals surface area (Å²) in [5.41, 5.74) is 0.291. The summed E-state index contributed by atoms with van der Waals surface area (Å²) < 4.78 is 28.6. The maximum atomic E-state index is 13.6. The highest BCUT2D eigenvalue weighted by Gasteiger charge is 2.33. The van der Waals surface area contributed by atoms with E-state index in [1.807, 2.05) is 0 Å². The highest BCUT2D eigenvalue weighted by Crippen LogP contribution is 2.36. The Hall–Kier alpha value is -1.16. The van der Waals surface area contributed by atoms with Crippen molar-refractivity contribution < 1.29 is 18.3 Å². The maximum Gasteiger partial charge on any atom is 0.305 e. The number of anilines is 1. The number of hydrogen-bond donors (Lipinski definition) is 1. The molecule has 0 spiro atoms. The number of carboxylic acid groups (broad SMARTS) is 1. The fourth-order valence-electron chi connectivity index (χ4n) is 3.60. The highest BCUT2D eigenvalue weighted by atomic mass is 35.5. The molecule has 2 aromatic rings. The summed E-state index contributed by atoms with van der Waals surface area (Å²) in [5.74, 6) is -0.000664. The fraction of sp³-hybridized carbons (Fsp3) is 0.381. The number of carbonyl (C=O) groups is 1. The van der Waals surface area contributed by atoms with Gasteiger partial charge < -0.3 is 5.11 Å². The van der Waals surface area contributed by atoms with Gasteiger partial charge in [-0.3, -0.25) is 14.0 Å². The monoisotopic (exact) mass is 536 g/mol. The molecule has 1 fully saturated rings. The predicted molar refractivity (Wildman–Crippen MR) is 132 cm³/mol. The van der Waals surface area contributed by atoms with Crippen LogP contribution >= 0.6 is 46.6 Å². The van der Waals surface area contributed by atoms with Gasteiger partial charge in [-0.15, -0.1) is 11.8 Å². The van der Waals surface area contributed by atoms with Gasteiger partial charge in [0.1, 0.15) is 0 Å². The van der Waals surface area contributed by atoms with Gasteiger partial charge in [0.05, 0.1) is 27.4 Å². The topological polar surface area (TPSA) is 77.9 Å². The summed E-state index contributed by atoms with van der Waals surface area (Å²) >= 11 is 20.1. The second kappa shape index (κ2) is 10.8. The van der Waals surface area contributed by atoms with Crippen LogP contribution < -0.4 is 4.31 Å². The van der Waals surface area contributed by atoms with E-state index in [1.165, 1.54) is 34.6 Å². The van der Waals surface area contributed by atoms with Crippen LogP contribution in [0.5, 0.6) is 0 Å². The molecule has 0 amide bonds. The Bertz CT molecular complexity index is 1070. The number of rotatable bonds is 9. The van der Waals surface area contributed by atoms with Gasteiger partial charge >= 0.3 is 5.97 Å². The van der Waals surface area contributed by atoms with Gasteiger partial charge in [0.25, 0.3) is 10.0 Å². The van der Waals surface area contributed by atoms with Crippen LogP contribution in [0.1, 0.15) is 19.8 Å². The molecule has 2 unspecified atom stereocenters. The first kappa shape index (κ1) is 25.5. The van der Waals surface area contributed by atoms with Crippen molar-refractivity contribution in [3.05, 3.63) is 57.5 Å². The van der Waals surface area contributed by atoms with Crippen molar-refractivity contribution >= 4 is 68.2 Å². The number of aliphatic carboxylic acids is 1. The molecule has 2 atom stereocenters. The molecule has 0 aliphatic carbocycles. The molecule has 32 heavy (non-hydrogen) atoms. The summed E-state index contributed by atoms with van der Waals surface area (Å²) in [5, 5.41) is 10.1. The average molecular weight is 538 g/mol. The number of nitrogens with zero attached hydrogens (tertiary/aromatic N) is 2. The van der Waals surface area contributed by atoms with Crippen molar-refractivity contribution in [2.24, 2.45) is 0 Å². The van der Waals surface area contributed by atoms with Crippen LogP contribution in [0.3, 0.4) is 0 Å². The van der Waals surface area contributed by atoms with Gasteiger partial charge in [0, 0.05) is 34.9 Å². The van der Waals surface area contributed by atoms with Crippen molar-refractivity contribution in [1.82, 2.24) is 4.90 Å². The van der Waals surface area contributed by atoms with Gasteiger partial charge in [0.15, 0.2) is 0 Å². The minimum absolute atomic E-state index is 0.0476. The maximum absolute atomic E-state index is 13.6. The molecule has 6 nitrogen and oxygen atoms in total. The molecule has 1 N–H and O–H groups in total. The van der Waals surface area contributed by atoms with Gasteiger partial charge in [0.2, 0.25) is 0 Å². The molecule has 11 heteroatoms. The Morgan fingerprint density at radius 3 is 2.50 bits per heavy atom. The van der Waals surface area contributed by atoms with E-state index in [0.717, 1.165) is 12.3 Å². The van der Waals surface area contributed by atoms with E-state index < -0.39 is 22.0 Å². The molecule has 1 aliphatic rings. The minimum atomic E-state index is -3.97. The van der Waals surface area contributed by atoms with Crippen molar-refractivity contribution in [1.29, 1.82) is 0 Å². The van der Waals surface area contributed by atoms with Crippen LogP contribution in [0, 0.1) is 0 Å². The second-order valence-electron chi connectivity index (χ2n) is 7.45. The zero-order chi connectivity index (χ0) is 23.5. The van der Waals surface area contributed by atoms with Crippen LogP contribution in [-0.4, -0.2) is 54.7 Å². The molecule has 0 bridgehead atoms. The third kappa shape index (κ3) is 6.04. The molecule has 0 saturated carbocycles. The predicted octanol–water partition coefficient (Wildman–Crippen LogP) is 5.47. The Morgan fingerprint density at radius 2 is 1.84 bits per heavy atom. The molecular weight excluding hydrogens is 515 g/mol. The Morgan fingerprint density at radius 1 is 1.19 bits per heavy atom. The first-order valence-corrected chi connectivity index (χ1v) is 13.5. The lowest BCUT2D eigenvalue weighted by molar-refractivity contribution is -0.137. The molecule has 1 aliphatic heterocycles. The summed E-state index contributed by atoms with van der Waals surface area (Å²) in [6, 6.07) is 10.2. The van der Waals surface area contributed by atoms with E-state index in [-0.39, 0.29) is 21.7 Å². The van der Waals surface area contributed by atoms with E-state index in [1.54, 1.807) is 30.8 Å². The normalized spacial score (nSPS) is 17.9. The van der Waals surface area contributed by atoms with Crippen LogP contribution in [0.2, 0.25) is 15.1 Å². The zero-order valence-electron chi connectivity index (χ0n) is 17.2. The highest BCUT2D eigenvalue weighted by molar-refractivity contribution is 8.00. The van der Waals surface area contributed by atoms with Crippen molar-refractivity contribution in [3.8, 4) is 0 Å². The molecular formula is C21H23Cl3N2O4S2. The van der Waals surface area contributed by atoms with Crippen LogP contribution in [-0.2, 0) is 14.8 Å². The number of hydrogen-bond acceptors (Lipinski definition) is 5. The third-order valence-corrected chi connectivity index (χ3v) is 9.21. The van der Waals surface area contributed by atoms with E-state index in [4.69, 9.17) is 39.9 Å². The lowest BCUT2D eigenvalue weighted by Crippen LogP contribution is -2.42. The van der Waals surface area contributed by atoms with Crippen LogP contribution in [0.4, 0.5) is 5.69 Å². The fourth-order valence-corrected chi connectivity index (χ4v) is 7.14. The smallest absolute Gasteiger partial charge is 0.305 e.